The maximum atomic E-state index is 12.1. The normalized spacial score (nSPS) is 24.2. The van der Waals surface area contributed by atoms with Gasteiger partial charge in [-0.2, -0.15) is 0 Å². The SMILES string of the molecule is COC(=O)[C@@H]1CN(C(=O)CC2CCCCC2)C(=O)N1. The number of nitrogens with zero attached hydrogens (tertiary/aromatic N) is 1. The Hall–Kier alpha value is -1.59. The highest BCUT2D eigenvalue weighted by atomic mass is 16.5. The van der Waals surface area contributed by atoms with Crippen molar-refractivity contribution < 1.29 is 19.1 Å². The van der Waals surface area contributed by atoms with Gasteiger partial charge in [0.15, 0.2) is 0 Å². The molecular formula is C13H20N2O4. The number of carbonyl (C=O) groups excluding carboxylic acids is 3. The van der Waals surface area contributed by atoms with Gasteiger partial charge < -0.3 is 10.1 Å². The molecule has 6 nitrogen and oxygen atoms in total. The first-order valence-corrected chi connectivity index (χ1v) is 6.80. The monoisotopic (exact) mass is 268 g/mol. The van der Waals surface area contributed by atoms with Crippen molar-refractivity contribution >= 4 is 17.9 Å². The summed E-state index contributed by atoms with van der Waals surface area (Å²) in [5.74, 6) is -0.316. The molecule has 3 amide bonds. The van der Waals surface area contributed by atoms with E-state index in [-0.39, 0.29) is 12.5 Å². The summed E-state index contributed by atoms with van der Waals surface area (Å²) in [5.41, 5.74) is 0. The zero-order valence-corrected chi connectivity index (χ0v) is 11.2. The number of hydrogen-bond acceptors (Lipinski definition) is 4. The van der Waals surface area contributed by atoms with Crippen molar-refractivity contribution in [3.05, 3.63) is 0 Å². The third-order valence-electron chi connectivity index (χ3n) is 3.88. The molecule has 106 valence electrons. The first kappa shape index (κ1) is 13.8. The van der Waals surface area contributed by atoms with E-state index in [1.165, 1.54) is 13.5 Å². The van der Waals surface area contributed by atoms with Crippen LogP contribution in [0.1, 0.15) is 38.5 Å². The fourth-order valence-electron chi connectivity index (χ4n) is 2.78. The Balaban J connectivity index is 1.88. The van der Waals surface area contributed by atoms with Crippen molar-refractivity contribution in [1.29, 1.82) is 0 Å². The lowest BCUT2D eigenvalue weighted by molar-refractivity contribution is -0.142. The van der Waals surface area contributed by atoms with Crippen molar-refractivity contribution in [3.63, 3.8) is 0 Å². The standard InChI is InChI=1S/C13H20N2O4/c1-19-12(17)10-8-15(13(18)14-10)11(16)7-9-5-3-2-4-6-9/h9-10H,2-8H2,1H3,(H,14,18)/t10-/m0/s1. The molecule has 2 rings (SSSR count). The van der Waals surface area contributed by atoms with E-state index in [9.17, 15) is 14.4 Å². The van der Waals surface area contributed by atoms with Crippen molar-refractivity contribution in [2.75, 3.05) is 13.7 Å². The molecule has 0 radical (unpaired) electrons. The predicted molar refractivity (Wildman–Crippen MR) is 67.2 cm³/mol. The van der Waals surface area contributed by atoms with Crippen molar-refractivity contribution in [3.8, 4) is 0 Å². The van der Waals surface area contributed by atoms with Gasteiger partial charge in [-0.1, -0.05) is 19.3 Å². The molecule has 0 unspecified atom stereocenters. The summed E-state index contributed by atoms with van der Waals surface area (Å²) >= 11 is 0. The van der Waals surface area contributed by atoms with Gasteiger partial charge in [-0.3, -0.25) is 9.69 Å². The zero-order chi connectivity index (χ0) is 13.8. The van der Waals surface area contributed by atoms with Crippen molar-refractivity contribution in [1.82, 2.24) is 10.2 Å². The minimum Gasteiger partial charge on any atom is -0.467 e. The van der Waals surface area contributed by atoms with E-state index in [1.807, 2.05) is 0 Å². The lowest BCUT2D eigenvalue weighted by Gasteiger charge is -2.22. The number of imide groups is 1. The summed E-state index contributed by atoms with van der Waals surface area (Å²) < 4.78 is 4.57. The summed E-state index contributed by atoms with van der Waals surface area (Å²) in [6.45, 7) is 0.0804. The molecule has 1 aliphatic carbocycles. The molecule has 1 heterocycles. The Labute approximate surface area is 112 Å². The topological polar surface area (TPSA) is 75.7 Å². The van der Waals surface area contributed by atoms with Gasteiger partial charge in [-0.15, -0.1) is 0 Å². The number of carbonyl (C=O) groups is 3. The second kappa shape index (κ2) is 6.04. The number of amides is 3. The molecular weight excluding hydrogens is 248 g/mol. The smallest absolute Gasteiger partial charge is 0.330 e. The summed E-state index contributed by atoms with van der Waals surface area (Å²) in [6.07, 6.45) is 6.08. The third-order valence-corrected chi connectivity index (χ3v) is 3.88. The number of hydrogen-bond donors (Lipinski definition) is 1. The predicted octanol–water partition coefficient (Wildman–Crippen LogP) is 1.05. The number of ether oxygens (including phenoxy) is 1. The third kappa shape index (κ3) is 3.24. The van der Waals surface area contributed by atoms with Gasteiger partial charge in [-0.05, 0) is 18.8 Å². The lowest BCUT2D eigenvalue weighted by atomic mass is 9.87. The van der Waals surface area contributed by atoms with Crippen LogP contribution in [0.2, 0.25) is 0 Å². The molecule has 0 bridgehead atoms. The van der Waals surface area contributed by atoms with Crippen LogP contribution in [0, 0.1) is 5.92 Å². The van der Waals surface area contributed by atoms with Gasteiger partial charge in [0.1, 0.15) is 6.04 Å². The van der Waals surface area contributed by atoms with Crippen LogP contribution in [0.15, 0.2) is 0 Å². The molecule has 2 aliphatic rings. The Bertz CT molecular complexity index is 377. The van der Waals surface area contributed by atoms with Gasteiger partial charge in [-0.25, -0.2) is 9.59 Å². The Morgan fingerprint density at radius 2 is 2.00 bits per heavy atom. The molecule has 2 fully saturated rings. The first-order chi connectivity index (χ1) is 9.11. The number of methoxy groups -OCH3 is 1. The Morgan fingerprint density at radius 3 is 2.63 bits per heavy atom. The maximum absolute atomic E-state index is 12.1. The molecule has 0 aromatic carbocycles. The molecule has 19 heavy (non-hydrogen) atoms. The highest BCUT2D eigenvalue weighted by Gasteiger charge is 2.38. The summed E-state index contributed by atoms with van der Waals surface area (Å²) in [7, 11) is 1.26. The molecule has 6 heteroatoms. The van der Waals surface area contributed by atoms with Crippen LogP contribution < -0.4 is 5.32 Å². The van der Waals surface area contributed by atoms with Crippen LogP contribution in [-0.2, 0) is 14.3 Å². The lowest BCUT2D eigenvalue weighted by Crippen LogP contribution is -2.35. The average molecular weight is 268 g/mol. The molecule has 0 spiro atoms. The van der Waals surface area contributed by atoms with Crippen molar-refractivity contribution in [2.24, 2.45) is 5.92 Å². The minimum absolute atomic E-state index is 0.0804. The van der Waals surface area contributed by atoms with E-state index in [4.69, 9.17) is 0 Å². The Morgan fingerprint density at radius 1 is 1.32 bits per heavy atom. The van der Waals surface area contributed by atoms with Crippen LogP contribution in [0.5, 0.6) is 0 Å². The fourth-order valence-corrected chi connectivity index (χ4v) is 2.78. The van der Waals surface area contributed by atoms with E-state index in [0.29, 0.717) is 12.3 Å². The maximum Gasteiger partial charge on any atom is 0.330 e. The second-order valence-electron chi connectivity index (χ2n) is 5.24. The van der Waals surface area contributed by atoms with Gasteiger partial charge in [0, 0.05) is 6.42 Å². The first-order valence-electron chi connectivity index (χ1n) is 6.80. The van der Waals surface area contributed by atoms with Gasteiger partial charge >= 0.3 is 12.0 Å². The highest BCUT2D eigenvalue weighted by molar-refractivity contribution is 5.99. The highest BCUT2D eigenvalue weighted by Crippen LogP contribution is 2.27. The van der Waals surface area contributed by atoms with Crippen molar-refractivity contribution in [2.45, 2.75) is 44.6 Å². The van der Waals surface area contributed by atoms with E-state index in [0.717, 1.165) is 30.6 Å². The van der Waals surface area contributed by atoms with Crippen LogP contribution in [0.25, 0.3) is 0 Å². The van der Waals surface area contributed by atoms with Crippen LogP contribution in [-0.4, -0.2) is 42.5 Å². The van der Waals surface area contributed by atoms with Crippen LogP contribution in [0.3, 0.4) is 0 Å². The van der Waals surface area contributed by atoms with Crippen LogP contribution >= 0.6 is 0 Å². The van der Waals surface area contributed by atoms with Gasteiger partial charge in [0.2, 0.25) is 5.91 Å². The molecule has 1 saturated heterocycles. The average Bonchev–Trinajstić information content (AvgIpc) is 2.81. The quantitative estimate of drug-likeness (QED) is 0.776. The Kier molecular flexibility index (Phi) is 4.39. The summed E-state index contributed by atoms with van der Waals surface area (Å²) in [4.78, 5) is 36.2. The number of urea groups is 1. The largest absolute Gasteiger partial charge is 0.467 e. The van der Waals surface area contributed by atoms with E-state index in [1.54, 1.807) is 0 Å². The minimum atomic E-state index is -0.729. The van der Waals surface area contributed by atoms with E-state index in [2.05, 4.69) is 10.1 Å². The summed E-state index contributed by atoms with van der Waals surface area (Å²) in [5, 5.41) is 2.46. The molecule has 1 atom stereocenters. The second-order valence-corrected chi connectivity index (χ2v) is 5.24. The number of nitrogens with one attached hydrogen (secondary N) is 1. The van der Waals surface area contributed by atoms with Crippen LogP contribution in [0.4, 0.5) is 4.79 Å². The molecule has 1 saturated carbocycles. The zero-order valence-electron chi connectivity index (χ0n) is 11.2. The molecule has 0 aromatic heterocycles. The van der Waals surface area contributed by atoms with Gasteiger partial charge in [0.25, 0.3) is 0 Å². The molecule has 1 aliphatic heterocycles. The number of rotatable bonds is 3. The van der Waals surface area contributed by atoms with E-state index >= 15 is 0 Å². The fraction of sp³-hybridized carbons (Fsp3) is 0.769. The molecule has 0 aromatic rings. The molecule has 1 N–H and O–H groups in total. The number of esters is 1. The van der Waals surface area contributed by atoms with Gasteiger partial charge in [0.05, 0.1) is 13.7 Å². The summed E-state index contributed by atoms with van der Waals surface area (Å²) in [6, 6.07) is -1.22. The van der Waals surface area contributed by atoms with E-state index < -0.39 is 18.0 Å².